The van der Waals surface area contributed by atoms with Crippen molar-refractivity contribution in [2.45, 2.75) is 6.92 Å². The molecule has 0 unspecified atom stereocenters. The number of benzene rings is 3. The average molecular weight is 539 g/mol. The molecule has 0 saturated carbocycles. The Morgan fingerprint density at radius 1 is 1.06 bits per heavy atom. The van der Waals surface area contributed by atoms with Gasteiger partial charge in [-0.25, -0.2) is 0 Å². The largest absolute Gasteiger partial charge is 0.503 e. The summed E-state index contributed by atoms with van der Waals surface area (Å²) in [5, 5.41) is 12.7. The minimum absolute atomic E-state index is 0.0224. The number of hydrogen-bond donors (Lipinski definition) is 2. The number of para-hydroxylation sites is 1. The fraction of sp³-hybridized carbons (Fsp3) is 0.0800. The highest BCUT2D eigenvalue weighted by Crippen LogP contribution is 2.36. The predicted molar refractivity (Wildman–Crippen MR) is 136 cm³/mol. The Labute approximate surface area is 209 Å². The van der Waals surface area contributed by atoms with Crippen LogP contribution < -0.4 is 19.7 Å². The summed E-state index contributed by atoms with van der Waals surface area (Å²) in [6.07, 6.45) is 1.42. The number of nitrogens with zero attached hydrogens (tertiary/aromatic N) is 1. The fourth-order valence-electron chi connectivity index (χ4n) is 3.29. The monoisotopic (exact) mass is 538 g/mol. The number of halogens is 1. The van der Waals surface area contributed by atoms with Crippen molar-refractivity contribution in [2.75, 3.05) is 11.5 Å². The molecule has 9 heteroatoms. The number of aromatic hydroxyl groups is 1. The maximum absolute atomic E-state index is 13.3. The zero-order chi connectivity index (χ0) is 24.2. The highest BCUT2D eigenvalue weighted by atomic mass is 79.9. The first-order chi connectivity index (χ1) is 16.4. The molecule has 1 aliphatic rings. The molecule has 4 rings (SSSR count). The predicted octanol–water partition coefficient (Wildman–Crippen LogP) is 5.18. The van der Waals surface area contributed by atoms with Gasteiger partial charge in [0, 0.05) is 0 Å². The van der Waals surface area contributed by atoms with E-state index in [1.807, 2.05) is 30.3 Å². The number of amides is 2. The molecule has 34 heavy (non-hydrogen) atoms. The molecule has 1 fully saturated rings. The van der Waals surface area contributed by atoms with Crippen LogP contribution in [0, 0.1) is 0 Å². The molecule has 2 amide bonds. The van der Waals surface area contributed by atoms with Gasteiger partial charge in [-0.15, -0.1) is 0 Å². The molecule has 3 aromatic carbocycles. The lowest BCUT2D eigenvalue weighted by molar-refractivity contribution is -0.122. The Balaban J connectivity index is 1.62. The number of rotatable bonds is 6. The number of hydrogen-bond acceptors (Lipinski definition) is 6. The number of carbonyl (C=O) groups is 2. The van der Waals surface area contributed by atoms with Crippen LogP contribution in [0.25, 0.3) is 6.08 Å². The SMILES string of the molecule is CCOc1cc(/C=C2\C(=O)NC(=S)N(c3ccc(Oc4ccccc4)cc3)C2=O)cc(Br)c1O. The second kappa shape index (κ2) is 10.1. The molecule has 1 aliphatic heterocycles. The molecule has 0 radical (unpaired) electrons. The van der Waals surface area contributed by atoms with E-state index in [4.69, 9.17) is 21.7 Å². The van der Waals surface area contributed by atoms with Crippen LogP contribution in [-0.4, -0.2) is 28.6 Å². The van der Waals surface area contributed by atoms with E-state index in [9.17, 15) is 14.7 Å². The maximum atomic E-state index is 13.3. The Bertz CT molecular complexity index is 1290. The van der Waals surface area contributed by atoms with Gasteiger partial charge in [0.2, 0.25) is 0 Å². The summed E-state index contributed by atoms with van der Waals surface area (Å²) in [6.45, 7) is 2.12. The molecule has 0 aliphatic carbocycles. The molecule has 0 atom stereocenters. The zero-order valence-corrected chi connectivity index (χ0v) is 20.4. The van der Waals surface area contributed by atoms with Crippen molar-refractivity contribution in [3.05, 3.63) is 82.3 Å². The van der Waals surface area contributed by atoms with Crippen LogP contribution in [0.5, 0.6) is 23.0 Å². The van der Waals surface area contributed by atoms with E-state index < -0.39 is 11.8 Å². The molecule has 7 nitrogen and oxygen atoms in total. The first-order valence-electron chi connectivity index (χ1n) is 10.3. The molecule has 172 valence electrons. The van der Waals surface area contributed by atoms with Gasteiger partial charge >= 0.3 is 0 Å². The third kappa shape index (κ3) is 4.95. The Morgan fingerprint density at radius 3 is 2.41 bits per heavy atom. The van der Waals surface area contributed by atoms with Gasteiger partial charge in [-0.1, -0.05) is 18.2 Å². The van der Waals surface area contributed by atoms with E-state index >= 15 is 0 Å². The lowest BCUT2D eigenvalue weighted by Crippen LogP contribution is -2.54. The second-order valence-corrected chi connectivity index (χ2v) is 8.39. The number of phenols is 1. The summed E-state index contributed by atoms with van der Waals surface area (Å²) in [6, 6.07) is 19.2. The highest BCUT2D eigenvalue weighted by molar-refractivity contribution is 9.10. The average Bonchev–Trinajstić information content (AvgIpc) is 2.81. The van der Waals surface area contributed by atoms with Crippen LogP contribution in [0.2, 0.25) is 0 Å². The summed E-state index contributed by atoms with van der Waals surface area (Å²) < 4.78 is 11.6. The van der Waals surface area contributed by atoms with Gasteiger partial charge in [0.05, 0.1) is 16.8 Å². The number of anilines is 1. The molecule has 2 N–H and O–H groups in total. The van der Waals surface area contributed by atoms with Gasteiger partial charge in [-0.05, 0) is 95.2 Å². The van der Waals surface area contributed by atoms with Gasteiger partial charge in [0.1, 0.15) is 17.1 Å². The molecule has 0 aromatic heterocycles. The molecule has 0 spiro atoms. The molecule has 0 bridgehead atoms. The van der Waals surface area contributed by atoms with Crippen molar-refractivity contribution in [1.29, 1.82) is 0 Å². The van der Waals surface area contributed by atoms with Crippen LogP contribution in [0.4, 0.5) is 5.69 Å². The summed E-state index contributed by atoms with van der Waals surface area (Å²) in [5.74, 6) is 0.245. The Kier molecular flexibility index (Phi) is 6.95. The van der Waals surface area contributed by atoms with Gasteiger partial charge in [-0.2, -0.15) is 0 Å². The topological polar surface area (TPSA) is 88.1 Å². The van der Waals surface area contributed by atoms with E-state index in [1.165, 1.54) is 11.0 Å². The smallest absolute Gasteiger partial charge is 0.270 e. The quantitative estimate of drug-likeness (QED) is 0.255. The first-order valence-corrected chi connectivity index (χ1v) is 11.5. The van der Waals surface area contributed by atoms with Crippen molar-refractivity contribution >= 4 is 56.8 Å². The van der Waals surface area contributed by atoms with Crippen LogP contribution >= 0.6 is 28.1 Å². The molecular formula is C25H19BrN2O5S. The van der Waals surface area contributed by atoms with E-state index in [1.54, 1.807) is 43.3 Å². The zero-order valence-electron chi connectivity index (χ0n) is 17.9. The summed E-state index contributed by atoms with van der Waals surface area (Å²) >= 11 is 8.53. The number of thiocarbonyl (C=S) groups is 1. The normalized spacial score (nSPS) is 14.8. The van der Waals surface area contributed by atoms with Gasteiger partial charge < -0.3 is 14.6 Å². The van der Waals surface area contributed by atoms with Crippen molar-refractivity contribution in [3.8, 4) is 23.0 Å². The van der Waals surface area contributed by atoms with Gasteiger partial charge in [0.25, 0.3) is 11.8 Å². The van der Waals surface area contributed by atoms with Crippen molar-refractivity contribution in [3.63, 3.8) is 0 Å². The van der Waals surface area contributed by atoms with Crippen LogP contribution in [0.3, 0.4) is 0 Å². The van der Waals surface area contributed by atoms with Crippen molar-refractivity contribution in [1.82, 2.24) is 5.32 Å². The van der Waals surface area contributed by atoms with E-state index in [2.05, 4.69) is 21.2 Å². The third-order valence-corrected chi connectivity index (χ3v) is 5.73. The number of carbonyl (C=O) groups excluding carboxylic acids is 2. The Hall–Kier alpha value is -3.69. The fourth-order valence-corrected chi connectivity index (χ4v) is 4.03. The van der Waals surface area contributed by atoms with Crippen LogP contribution in [0.1, 0.15) is 12.5 Å². The van der Waals surface area contributed by atoms with Crippen LogP contribution in [-0.2, 0) is 9.59 Å². The number of phenolic OH excluding ortho intramolecular Hbond substituents is 1. The lowest BCUT2D eigenvalue weighted by atomic mass is 10.1. The van der Waals surface area contributed by atoms with Crippen molar-refractivity contribution < 1.29 is 24.2 Å². The molecule has 1 saturated heterocycles. The minimum Gasteiger partial charge on any atom is -0.503 e. The van der Waals surface area contributed by atoms with E-state index in [0.717, 1.165) is 0 Å². The maximum Gasteiger partial charge on any atom is 0.270 e. The minimum atomic E-state index is -0.613. The summed E-state index contributed by atoms with van der Waals surface area (Å²) in [4.78, 5) is 27.1. The first kappa shape index (κ1) is 23.5. The van der Waals surface area contributed by atoms with E-state index in [-0.39, 0.29) is 22.2 Å². The van der Waals surface area contributed by atoms with Crippen LogP contribution in [0.15, 0.2) is 76.8 Å². The lowest BCUT2D eigenvalue weighted by Gasteiger charge is -2.29. The number of ether oxygens (including phenoxy) is 2. The Morgan fingerprint density at radius 2 is 1.74 bits per heavy atom. The third-order valence-electron chi connectivity index (χ3n) is 4.84. The second-order valence-electron chi connectivity index (χ2n) is 7.15. The molecule has 3 aromatic rings. The van der Waals surface area contributed by atoms with Gasteiger partial charge in [-0.3, -0.25) is 19.8 Å². The summed E-state index contributed by atoms with van der Waals surface area (Å²) in [7, 11) is 0. The molecular weight excluding hydrogens is 520 g/mol. The van der Waals surface area contributed by atoms with Gasteiger partial charge in [0.15, 0.2) is 16.6 Å². The van der Waals surface area contributed by atoms with Crippen molar-refractivity contribution in [2.24, 2.45) is 0 Å². The standard InChI is InChI=1S/C25H19BrN2O5S/c1-2-32-21-14-15(13-20(26)22(21)29)12-19-23(30)27-25(34)28(24(19)31)16-8-10-18(11-9-16)33-17-6-4-3-5-7-17/h3-14,29H,2H2,1H3,(H,27,30,34)/b19-12+. The van der Waals surface area contributed by atoms with E-state index in [0.29, 0.717) is 33.8 Å². The molecule has 1 heterocycles. The number of nitrogens with one attached hydrogen (secondary N) is 1. The highest BCUT2D eigenvalue weighted by Gasteiger charge is 2.34. The summed E-state index contributed by atoms with van der Waals surface area (Å²) in [5.41, 5.74) is 0.854.